The van der Waals surface area contributed by atoms with E-state index in [-0.39, 0.29) is 30.3 Å². The molecule has 1 aliphatic carbocycles. The summed E-state index contributed by atoms with van der Waals surface area (Å²) in [5.41, 5.74) is 1.03. The maximum atomic E-state index is 13.0. The Morgan fingerprint density at radius 1 is 1.29 bits per heavy atom. The van der Waals surface area contributed by atoms with E-state index in [9.17, 15) is 9.90 Å². The van der Waals surface area contributed by atoms with Crippen LogP contribution in [-0.2, 0) is 4.79 Å². The molecule has 24 heavy (non-hydrogen) atoms. The van der Waals surface area contributed by atoms with Crippen LogP contribution in [0.25, 0.3) is 10.2 Å². The minimum Gasteiger partial charge on any atom is -0.396 e. The number of benzene rings is 1. The number of aliphatic hydroxyl groups is 1. The molecule has 0 spiro atoms. The van der Waals surface area contributed by atoms with Crippen molar-refractivity contribution in [1.29, 1.82) is 0 Å². The number of rotatable bonds is 3. The summed E-state index contributed by atoms with van der Waals surface area (Å²) in [6.45, 7) is 1.65. The standard InChI is InChI=1S/C19H22N2O2S/c22-12-13-9-10-21(11-13)19(23)15-6-2-1-5-14(15)18-20-16-7-3-4-8-17(16)24-18/h1-4,7-8,13-15,22H,5-6,9-12H2. The zero-order chi connectivity index (χ0) is 16.5. The number of fused-ring (bicyclic) bond motifs is 1. The van der Waals surface area contributed by atoms with Crippen molar-refractivity contribution < 1.29 is 9.90 Å². The highest BCUT2D eigenvalue weighted by molar-refractivity contribution is 7.18. The van der Waals surface area contributed by atoms with E-state index in [1.54, 1.807) is 11.3 Å². The highest BCUT2D eigenvalue weighted by Gasteiger charge is 2.37. The summed E-state index contributed by atoms with van der Waals surface area (Å²) in [6.07, 6.45) is 6.90. The van der Waals surface area contributed by atoms with E-state index < -0.39 is 0 Å². The first-order valence-electron chi connectivity index (χ1n) is 8.66. The lowest BCUT2D eigenvalue weighted by molar-refractivity contribution is -0.135. The predicted molar refractivity (Wildman–Crippen MR) is 96.0 cm³/mol. The summed E-state index contributed by atoms with van der Waals surface area (Å²) < 4.78 is 1.19. The normalized spacial score (nSPS) is 27.0. The number of allylic oxidation sites excluding steroid dienone is 2. The van der Waals surface area contributed by atoms with Crippen LogP contribution in [0, 0.1) is 11.8 Å². The number of aromatic nitrogens is 1. The molecule has 4 nitrogen and oxygen atoms in total. The maximum Gasteiger partial charge on any atom is 0.226 e. The van der Waals surface area contributed by atoms with Gasteiger partial charge in [-0.3, -0.25) is 4.79 Å². The number of carbonyl (C=O) groups is 1. The van der Waals surface area contributed by atoms with Crippen molar-refractivity contribution in [1.82, 2.24) is 9.88 Å². The van der Waals surface area contributed by atoms with Gasteiger partial charge in [0.15, 0.2) is 0 Å². The van der Waals surface area contributed by atoms with Gasteiger partial charge in [0, 0.05) is 31.5 Å². The minimum atomic E-state index is -0.0204. The smallest absolute Gasteiger partial charge is 0.226 e. The number of hydrogen-bond donors (Lipinski definition) is 1. The molecule has 126 valence electrons. The average Bonchev–Trinajstić information content (AvgIpc) is 3.27. The Morgan fingerprint density at radius 3 is 2.92 bits per heavy atom. The minimum absolute atomic E-state index is 0.0204. The first-order valence-corrected chi connectivity index (χ1v) is 9.48. The number of carbonyl (C=O) groups excluding carboxylic acids is 1. The monoisotopic (exact) mass is 342 g/mol. The van der Waals surface area contributed by atoms with Crippen molar-refractivity contribution in [2.75, 3.05) is 19.7 Å². The average molecular weight is 342 g/mol. The molecule has 2 aliphatic rings. The van der Waals surface area contributed by atoms with Gasteiger partial charge < -0.3 is 10.0 Å². The Morgan fingerprint density at radius 2 is 2.12 bits per heavy atom. The van der Waals surface area contributed by atoms with Crippen molar-refractivity contribution >= 4 is 27.5 Å². The number of aliphatic hydroxyl groups excluding tert-OH is 1. The Labute approximate surface area is 145 Å². The molecule has 0 saturated carbocycles. The fraction of sp³-hybridized carbons (Fsp3) is 0.474. The molecule has 1 fully saturated rings. The van der Waals surface area contributed by atoms with E-state index >= 15 is 0 Å². The molecule has 4 rings (SSSR count). The molecule has 1 aliphatic heterocycles. The number of amides is 1. The molecule has 0 radical (unpaired) electrons. The molecule has 2 aromatic rings. The van der Waals surface area contributed by atoms with Gasteiger partial charge in [0.1, 0.15) is 0 Å². The van der Waals surface area contributed by atoms with Crippen LogP contribution in [0.2, 0.25) is 0 Å². The zero-order valence-corrected chi connectivity index (χ0v) is 14.4. The Balaban J connectivity index is 1.59. The van der Waals surface area contributed by atoms with Crippen molar-refractivity contribution in [2.24, 2.45) is 11.8 Å². The molecular formula is C19H22N2O2S. The van der Waals surface area contributed by atoms with Crippen LogP contribution in [0.3, 0.4) is 0 Å². The van der Waals surface area contributed by atoms with Crippen molar-refractivity contribution in [3.63, 3.8) is 0 Å². The third-order valence-electron chi connectivity index (χ3n) is 5.23. The van der Waals surface area contributed by atoms with E-state index in [0.717, 1.165) is 36.3 Å². The van der Waals surface area contributed by atoms with Gasteiger partial charge in [0.25, 0.3) is 0 Å². The molecule has 3 atom stereocenters. The largest absolute Gasteiger partial charge is 0.396 e. The summed E-state index contributed by atoms with van der Waals surface area (Å²) in [6, 6.07) is 8.18. The first kappa shape index (κ1) is 15.8. The van der Waals surface area contributed by atoms with Gasteiger partial charge in [-0.05, 0) is 31.4 Å². The fourth-order valence-corrected chi connectivity index (χ4v) is 4.97. The molecule has 5 heteroatoms. The summed E-state index contributed by atoms with van der Waals surface area (Å²) in [5, 5.41) is 10.4. The number of nitrogens with zero attached hydrogens (tertiary/aromatic N) is 2. The summed E-state index contributed by atoms with van der Waals surface area (Å²) in [7, 11) is 0. The van der Waals surface area contributed by atoms with Gasteiger partial charge in [0.05, 0.1) is 21.1 Å². The lowest BCUT2D eigenvalue weighted by atomic mass is 9.82. The Kier molecular flexibility index (Phi) is 4.37. The van der Waals surface area contributed by atoms with Gasteiger partial charge >= 0.3 is 0 Å². The summed E-state index contributed by atoms with van der Waals surface area (Å²) >= 11 is 1.72. The number of thiazole rings is 1. The van der Waals surface area contributed by atoms with Gasteiger partial charge in [-0.15, -0.1) is 11.3 Å². The van der Waals surface area contributed by atoms with E-state index in [2.05, 4.69) is 18.2 Å². The second kappa shape index (κ2) is 6.65. The van der Waals surface area contributed by atoms with Gasteiger partial charge in [-0.2, -0.15) is 0 Å². The summed E-state index contributed by atoms with van der Waals surface area (Å²) in [5.74, 6) is 0.634. The third-order valence-corrected chi connectivity index (χ3v) is 6.40. The van der Waals surface area contributed by atoms with Crippen LogP contribution < -0.4 is 0 Å². The van der Waals surface area contributed by atoms with Crippen molar-refractivity contribution in [2.45, 2.75) is 25.2 Å². The number of hydrogen-bond acceptors (Lipinski definition) is 4. The summed E-state index contributed by atoms with van der Waals surface area (Å²) in [4.78, 5) is 19.8. The van der Waals surface area contributed by atoms with Crippen LogP contribution >= 0.6 is 11.3 Å². The molecular weight excluding hydrogens is 320 g/mol. The van der Waals surface area contributed by atoms with Crippen LogP contribution in [-0.4, -0.2) is 40.6 Å². The van der Waals surface area contributed by atoms with Crippen molar-refractivity contribution in [3.8, 4) is 0 Å². The van der Waals surface area contributed by atoms with E-state index in [0.29, 0.717) is 6.54 Å². The molecule has 3 unspecified atom stereocenters. The fourth-order valence-electron chi connectivity index (χ4n) is 3.83. The molecule has 1 aromatic heterocycles. The number of para-hydroxylation sites is 1. The van der Waals surface area contributed by atoms with Gasteiger partial charge in [-0.1, -0.05) is 24.3 Å². The molecule has 0 bridgehead atoms. The Bertz CT molecular complexity index is 737. The predicted octanol–water partition coefficient (Wildman–Crippen LogP) is 3.19. The number of likely N-dealkylation sites (tertiary alicyclic amines) is 1. The first-order chi connectivity index (χ1) is 11.8. The second-order valence-corrected chi connectivity index (χ2v) is 7.86. The Hall–Kier alpha value is -1.72. The van der Waals surface area contributed by atoms with Crippen LogP contribution in [0.15, 0.2) is 36.4 Å². The molecule has 1 amide bonds. The van der Waals surface area contributed by atoms with Crippen LogP contribution in [0.4, 0.5) is 0 Å². The second-order valence-electron chi connectivity index (χ2n) is 6.80. The molecule has 1 aromatic carbocycles. The van der Waals surface area contributed by atoms with E-state index in [1.165, 1.54) is 4.70 Å². The molecule has 1 N–H and O–H groups in total. The highest BCUT2D eigenvalue weighted by atomic mass is 32.1. The maximum absolute atomic E-state index is 13.0. The highest BCUT2D eigenvalue weighted by Crippen LogP contribution is 2.39. The molecule has 1 saturated heterocycles. The lowest BCUT2D eigenvalue weighted by Crippen LogP contribution is -2.38. The third kappa shape index (κ3) is 2.87. The van der Waals surface area contributed by atoms with Gasteiger partial charge in [-0.25, -0.2) is 4.98 Å². The molecule has 2 heterocycles. The van der Waals surface area contributed by atoms with Crippen LogP contribution in [0.5, 0.6) is 0 Å². The SMILES string of the molecule is O=C(C1CC=CCC1c1nc2ccccc2s1)N1CCC(CO)C1. The van der Waals surface area contributed by atoms with E-state index in [1.807, 2.05) is 23.1 Å². The quantitative estimate of drug-likeness (QED) is 0.872. The van der Waals surface area contributed by atoms with E-state index in [4.69, 9.17) is 4.98 Å². The van der Waals surface area contributed by atoms with Crippen molar-refractivity contribution in [3.05, 3.63) is 41.4 Å². The zero-order valence-electron chi connectivity index (χ0n) is 13.6. The van der Waals surface area contributed by atoms with Gasteiger partial charge in [0.2, 0.25) is 5.91 Å². The topological polar surface area (TPSA) is 53.4 Å². The van der Waals surface area contributed by atoms with Crippen LogP contribution in [0.1, 0.15) is 30.2 Å². The lowest BCUT2D eigenvalue weighted by Gasteiger charge is -2.30.